The number of hydrogen-bond donors (Lipinski definition) is 1. The van der Waals surface area contributed by atoms with Crippen LogP contribution in [0.5, 0.6) is 0 Å². The summed E-state index contributed by atoms with van der Waals surface area (Å²) in [7, 11) is -3.54. The third kappa shape index (κ3) is 4.04. The topological polar surface area (TPSA) is 71.4 Å². The Labute approximate surface area is 161 Å². The molecule has 1 atom stereocenters. The van der Waals surface area contributed by atoms with E-state index in [4.69, 9.17) is 0 Å². The van der Waals surface area contributed by atoms with E-state index < -0.39 is 10.0 Å². The molecule has 6 nitrogen and oxygen atoms in total. The molecular formula is C20H29N3O3S. The monoisotopic (exact) mass is 391 g/mol. The number of aromatic nitrogens is 1. The average molecular weight is 392 g/mol. The van der Waals surface area contributed by atoms with Crippen molar-refractivity contribution < 1.29 is 13.2 Å². The average Bonchev–Trinajstić information content (AvgIpc) is 3.10. The van der Waals surface area contributed by atoms with Crippen molar-refractivity contribution in [2.24, 2.45) is 5.92 Å². The summed E-state index contributed by atoms with van der Waals surface area (Å²) in [6.07, 6.45) is 4.00. The van der Waals surface area contributed by atoms with E-state index in [0.717, 1.165) is 23.9 Å². The van der Waals surface area contributed by atoms with E-state index in [1.54, 1.807) is 12.1 Å². The minimum Gasteiger partial charge on any atom is -0.353 e. The van der Waals surface area contributed by atoms with Crippen LogP contribution in [0.3, 0.4) is 0 Å². The number of piperidine rings is 1. The second-order valence-electron chi connectivity index (χ2n) is 7.32. The molecule has 7 heteroatoms. The first kappa shape index (κ1) is 19.9. The first-order chi connectivity index (χ1) is 12.9. The zero-order valence-electron chi connectivity index (χ0n) is 16.3. The summed E-state index contributed by atoms with van der Waals surface area (Å²) in [5, 5.41) is 3.93. The lowest BCUT2D eigenvalue weighted by Crippen LogP contribution is -2.44. The molecule has 2 aromatic rings. The van der Waals surface area contributed by atoms with Crippen molar-refractivity contribution in [2.75, 3.05) is 13.1 Å². The Balaban J connectivity index is 1.71. The maximum Gasteiger partial charge on any atom is 0.243 e. The number of sulfonamides is 1. The highest BCUT2D eigenvalue weighted by Crippen LogP contribution is 2.27. The van der Waals surface area contributed by atoms with Crippen LogP contribution in [0.1, 0.15) is 40.0 Å². The molecule has 1 aliphatic rings. The van der Waals surface area contributed by atoms with E-state index >= 15 is 0 Å². The van der Waals surface area contributed by atoms with Crippen LogP contribution in [-0.2, 0) is 21.4 Å². The highest BCUT2D eigenvalue weighted by Gasteiger charge is 2.32. The SMILES string of the molecule is CC[C@H](C)NC(=O)C1CCN(S(=O)(=O)c2ccc3c(ccn3CC)c2)CC1. The lowest BCUT2D eigenvalue weighted by atomic mass is 9.97. The van der Waals surface area contributed by atoms with E-state index in [0.29, 0.717) is 30.8 Å². The van der Waals surface area contributed by atoms with E-state index in [1.807, 2.05) is 32.2 Å². The standard InChI is InChI=1S/C20H29N3O3S/c1-4-15(3)21-20(24)16-9-12-23(13-10-16)27(25,26)18-6-7-19-17(14-18)8-11-22(19)5-2/h6-8,11,14-16H,4-5,9-10,12-13H2,1-3H3,(H,21,24)/t15-/m0/s1. The van der Waals surface area contributed by atoms with Crippen molar-refractivity contribution in [3.05, 3.63) is 30.5 Å². The van der Waals surface area contributed by atoms with E-state index in [1.165, 1.54) is 4.31 Å². The van der Waals surface area contributed by atoms with E-state index in [9.17, 15) is 13.2 Å². The number of hydrogen-bond acceptors (Lipinski definition) is 3. The zero-order valence-corrected chi connectivity index (χ0v) is 17.1. The number of amides is 1. The predicted molar refractivity (Wildman–Crippen MR) is 107 cm³/mol. The molecule has 1 amide bonds. The van der Waals surface area contributed by atoms with Crippen LogP contribution in [0.25, 0.3) is 10.9 Å². The second-order valence-corrected chi connectivity index (χ2v) is 9.26. The minimum absolute atomic E-state index is 0.0451. The third-order valence-electron chi connectivity index (χ3n) is 5.55. The van der Waals surface area contributed by atoms with Gasteiger partial charge < -0.3 is 9.88 Å². The van der Waals surface area contributed by atoms with Gasteiger partial charge in [0.1, 0.15) is 0 Å². The largest absolute Gasteiger partial charge is 0.353 e. The summed E-state index contributed by atoms with van der Waals surface area (Å²) >= 11 is 0. The lowest BCUT2D eigenvalue weighted by Gasteiger charge is -2.31. The van der Waals surface area contributed by atoms with Gasteiger partial charge in [-0.3, -0.25) is 4.79 Å². The van der Waals surface area contributed by atoms with Gasteiger partial charge in [-0.05, 0) is 57.4 Å². The van der Waals surface area contributed by atoms with Crippen LogP contribution in [0, 0.1) is 5.92 Å². The Morgan fingerprint density at radius 1 is 1.22 bits per heavy atom. The van der Waals surface area contributed by atoms with Crippen LogP contribution in [-0.4, -0.2) is 42.3 Å². The molecule has 148 valence electrons. The summed E-state index contributed by atoms with van der Waals surface area (Å²) in [4.78, 5) is 12.6. The molecule has 0 aliphatic carbocycles. The number of nitrogens with one attached hydrogen (secondary N) is 1. The van der Waals surface area contributed by atoms with Gasteiger partial charge in [0.2, 0.25) is 15.9 Å². The molecule has 3 rings (SSSR count). The fourth-order valence-corrected chi connectivity index (χ4v) is 5.09. The van der Waals surface area contributed by atoms with Gasteiger partial charge in [-0.25, -0.2) is 8.42 Å². The predicted octanol–water partition coefficient (Wildman–Crippen LogP) is 2.98. The van der Waals surface area contributed by atoms with Gasteiger partial charge in [0.05, 0.1) is 4.90 Å². The summed E-state index contributed by atoms with van der Waals surface area (Å²) < 4.78 is 29.7. The minimum atomic E-state index is -3.54. The number of carbonyl (C=O) groups is 1. The number of carbonyl (C=O) groups excluding carboxylic acids is 1. The van der Waals surface area contributed by atoms with Crippen molar-refractivity contribution >= 4 is 26.8 Å². The summed E-state index contributed by atoms with van der Waals surface area (Å²) in [5.41, 5.74) is 1.04. The van der Waals surface area contributed by atoms with Crippen LogP contribution < -0.4 is 5.32 Å². The lowest BCUT2D eigenvalue weighted by molar-refractivity contribution is -0.126. The Morgan fingerprint density at radius 3 is 2.56 bits per heavy atom. The van der Waals surface area contributed by atoms with E-state index in [-0.39, 0.29) is 17.9 Å². The van der Waals surface area contributed by atoms with Gasteiger partial charge in [0.15, 0.2) is 0 Å². The van der Waals surface area contributed by atoms with Crippen molar-refractivity contribution in [3.8, 4) is 0 Å². The van der Waals surface area contributed by atoms with Crippen molar-refractivity contribution in [3.63, 3.8) is 0 Å². The number of aryl methyl sites for hydroxylation is 1. The first-order valence-electron chi connectivity index (χ1n) is 9.76. The molecule has 0 bridgehead atoms. The van der Waals surface area contributed by atoms with E-state index in [2.05, 4.69) is 16.8 Å². The van der Waals surface area contributed by atoms with Crippen LogP contribution in [0.4, 0.5) is 0 Å². The summed E-state index contributed by atoms with van der Waals surface area (Å²) in [6.45, 7) is 7.70. The highest BCUT2D eigenvalue weighted by atomic mass is 32.2. The van der Waals surface area contributed by atoms with Crippen molar-refractivity contribution in [1.82, 2.24) is 14.2 Å². The number of fused-ring (bicyclic) bond motifs is 1. The quantitative estimate of drug-likeness (QED) is 0.823. The molecule has 1 N–H and O–H groups in total. The van der Waals surface area contributed by atoms with Gasteiger partial charge in [-0.1, -0.05) is 6.92 Å². The summed E-state index contributed by atoms with van der Waals surface area (Å²) in [6, 6.07) is 7.41. The molecule has 1 aliphatic heterocycles. The molecule has 0 saturated carbocycles. The first-order valence-corrected chi connectivity index (χ1v) is 11.2. The highest BCUT2D eigenvalue weighted by molar-refractivity contribution is 7.89. The Hall–Kier alpha value is -1.86. The molecule has 1 aromatic carbocycles. The van der Waals surface area contributed by atoms with Crippen molar-refractivity contribution in [2.45, 2.75) is 57.5 Å². The fourth-order valence-electron chi connectivity index (χ4n) is 3.58. The fraction of sp³-hybridized carbons (Fsp3) is 0.550. The normalized spacial score (nSPS) is 17.9. The zero-order chi connectivity index (χ0) is 19.6. The van der Waals surface area contributed by atoms with Gasteiger partial charge in [0.25, 0.3) is 0 Å². The molecule has 0 unspecified atom stereocenters. The van der Waals surface area contributed by atoms with Gasteiger partial charge in [0, 0.05) is 48.7 Å². The summed E-state index contributed by atoms with van der Waals surface area (Å²) in [5.74, 6) is -0.0600. The third-order valence-corrected chi connectivity index (χ3v) is 7.44. The second kappa shape index (κ2) is 8.02. The molecular weight excluding hydrogens is 362 g/mol. The number of benzene rings is 1. The molecule has 27 heavy (non-hydrogen) atoms. The maximum absolute atomic E-state index is 13.0. The molecule has 1 saturated heterocycles. The van der Waals surface area contributed by atoms with Crippen LogP contribution in [0.15, 0.2) is 35.4 Å². The van der Waals surface area contributed by atoms with Crippen LogP contribution in [0.2, 0.25) is 0 Å². The molecule has 2 heterocycles. The number of nitrogens with zero attached hydrogens (tertiary/aromatic N) is 2. The molecule has 1 fully saturated rings. The number of rotatable bonds is 6. The Kier molecular flexibility index (Phi) is 5.91. The molecule has 1 aromatic heterocycles. The Bertz CT molecular complexity index is 912. The molecule has 0 radical (unpaired) electrons. The van der Waals surface area contributed by atoms with Crippen molar-refractivity contribution in [1.29, 1.82) is 0 Å². The Morgan fingerprint density at radius 2 is 1.93 bits per heavy atom. The van der Waals surface area contributed by atoms with Gasteiger partial charge in [-0.2, -0.15) is 4.31 Å². The smallest absolute Gasteiger partial charge is 0.243 e. The van der Waals surface area contributed by atoms with Gasteiger partial charge in [-0.15, -0.1) is 0 Å². The van der Waals surface area contributed by atoms with Crippen LogP contribution >= 0.6 is 0 Å². The maximum atomic E-state index is 13.0. The van der Waals surface area contributed by atoms with Gasteiger partial charge >= 0.3 is 0 Å². The molecule has 0 spiro atoms.